The van der Waals surface area contributed by atoms with Crippen LogP contribution in [0.1, 0.15) is 35.3 Å². The summed E-state index contributed by atoms with van der Waals surface area (Å²) in [5, 5.41) is 20.7. The number of aliphatic hydroxyl groups excluding tert-OH is 1. The topological polar surface area (TPSA) is 82.8 Å². The zero-order chi connectivity index (χ0) is 20.4. The number of para-hydroxylation sites is 1. The van der Waals surface area contributed by atoms with Gasteiger partial charge in [0.15, 0.2) is 0 Å². The molecule has 150 valence electrons. The second-order valence-electron chi connectivity index (χ2n) is 7.45. The molecule has 1 fully saturated rings. The van der Waals surface area contributed by atoms with Crippen LogP contribution in [0.2, 0.25) is 0 Å². The maximum Gasteiger partial charge on any atom is 0.338 e. The predicted octanol–water partition coefficient (Wildman–Crippen LogP) is 3.04. The van der Waals surface area contributed by atoms with Crippen molar-refractivity contribution in [2.24, 2.45) is 0 Å². The van der Waals surface area contributed by atoms with Gasteiger partial charge < -0.3 is 10.2 Å². The maximum absolute atomic E-state index is 13.4. The van der Waals surface area contributed by atoms with E-state index < -0.39 is 5.97 Å². The highest BCUT2D eigenvalue weighted by Gasteiger charge is 2.27. The molecule has 3 aromatic rings. The van der Waals surface area contributed by atoms with E-state index in [9.17, 15) is 19.8 Å². The Morgan fingerprint density at radius 1 is 1.00 bits per heavy atom. The molecule has 1 unspecified atom stereocenters. The normalized spacial score (nSPS) is 17.5. The van der Waals surface area contributed by atoms with Crippen LogP contribution in [0.25, 0.3) is 16.5 Å². The van der Waals surface area contributed by atoms with Crippen LogP contribution in [0.5, 0.6) is 0 Å². The Morgan fingerprint density at radius 3 is 2.38 bits per heavy atom. The third kappa shape index (κ3) is 3.57. The number of aromatic nitrogens is 1. The number of pyridine rings is 1. The van der Waals surface area contributed by atoms with Crippen LogP contribution in [0.3, 0.4) is 0 Å². The molecule has 1 aromatic heterocycles. The van der Waals surface area contributed by atoms with Gasteiger partial charge in [0.25, 0.3) is 5.56 Å². The molecule has 1 aliphatic heterocycles. The van der Waals surface area contributed by atoms with Crippen LogP contribution in [-0.4, -0.2) is 44.8 Å². The van der Waals surface area contributed by atoms with Crippen molar-refractivity contribution < 1.29 is 15.0 Å². The summed E-state index contributed by atoms with van der Waals surface area (Å²) in [6.45, 7) is 1.08. The number of nitrogens with zero attached hydrogens (tertiary/aromatic N) is 2. The van der Waals surface area contributed by atoms with Crippen LogP contribution >= 0.6 is 0 Å². The van der Waals surface area contributed by atoms with E-state index in [2.05, 4.69) is 4.90 Å². The molecule has 1 atom stereocenters. The van der Waals surface area contributed by atoms with E-state index in [-0.39, 0.29) is 23.8 Å². The van der Waals surface area contributed by atoms with E-state index in [0.29, 0.717) is 28.7 Å². The summed E-state index contributed by atoms with van der Waals surface area (Å²) in [5.74, 6) is -1.06. The van der Waals surface area contributed by atoms with Crippen LogP contribution in [0.15, 0.2) is 59.4 Å². The molecular weight excluding hydrogens is 368 g/mol. The van der Waals surface area contributed by atoms with Gasteiger partial charge in [-0.15, -0.1) is 0 Å². The number of likely N-dealkylation sites (tertiary alicyclic amines) is 1. The maximum atomic E-state index is 13.4. The lowest BCUT2D eigenvalue weighted by molar-refractivity contribution is 0.0683. The number of fused-ring (bicyclic) bond motifs is 1. The van der Waals surface area contributed by atoms with Gasteiger partial charge in [-0.1, -0.05) is 42.8 Å². The number of aromatic carboxylic acids is 1. The quantitative estimate of drug-likeness (QED) is 0.697. The highest BCUT2D eigenvalue weighted by molar-refractivity contribution is 6.04. The minimum atomic E-state index is -1.06. The van der Waals surface area contributed by atoms with Gasteiger partial charge in [0, 0.05) is 29.0 Å². The number of rotatable bonds is 5. The first-order valence-electron chi connectivity index (χ1n) is 9.92. The van der Waals surface area contributed by atoms with Crippen molar-refractivity contribution in [1.82, 2.24) is 9.47 Å². The molecule has 0 amide bonds. The zero-order valence-corrected chi connectivity index (χ0v) is 16.1. The molecule has 6 nitrogen and oxygen atoms in total. The van der Waals surface area contributed by atoms with Gasteiger partial charge in [0.05, 0.1) is 17.9 Å². The molecule has 0 radical (unpaired) electrons. The van der Waals surface area contributed by atoms with Gasteiger partial charge in [-0.2, -0.15) is 0 Å². The van der Waals surface area contributed by atoms with Gasteiger partial charge in [-0.3, -0.25) is 14.3 Å². The number of carbonyl (C=O) groups is 1. The van der Waals surface area contributed by atoms with E-state index in [1.807, 2.05) is 30.3 Å². The van der Waals surface area contributed by atoms with Gasteiger partial charge in [-0.25, -0.2) is 4.79 Å². The minimum Gasteiger partial charge on any atom is -0.478 e. The molecule has 29 heavy (non-hydrogen) atoms. The summed E-state index contributed by atoms with van der Waals surface area (Å²) in [4.78, 5) is 27.9. The smallest absolute Gasteiger partial charge is 0.338 e. The molecule has 0 saturated carbocycles. The molecule has 0 aliphatic carbocycles. The van der Waals surface area contributed by atoms with Crippen LogP contribution < -0.4 is 5.56 Å². The Kier molecular flexibility index (Phi) is 5.47. The zero-order valence-electron chi connectivity index (χ0n) is 16.1. The molecule has 1 aliphatic rings. The first-order valence-corrected chi connectivity index (χ1v) is 9.92. The van der Waals surface area contributed by atoms with Gasteiger partial charge in [0.2, 0.25) is 0 Å². The Balaban J connectivity index is 2.01. The van der Waals surface area contributed by atoms with E-state index in [1.165, 1.54) is 4.57 Å². The van der Waals surface area contributed by atoms with Crippen molar-refractivity contribution in [1.29, 1.82) is 0 Å². The van der Waals surface area contributed by atoms with E-state index in [1.54, 1.807) is 24.3 Å². The average Bonchev–Trinajstić information content (AvgIpc) is 2.75. The van der Waals surface area contributed by atoms with Crippen LogP contribution in [0, 0.1) is 0 Å². The van der Waals surface area contributed by atoms with Crippen LogP contribution in [-0.2, 0) is 6.54 Å². The number of carboxylic acid groups (broad SMARTS) is 1. The first kappa shape index (κ1) is 19.4. The van der Waals surface area contributed by atoms with E-state index in [0.717, 1.165) is 25.8 Å². The molecule has 2 aromatic carbocycles. The fourth-order valence-electron chi connectivity index (χ4n) is 4.30. The Labute approximate surface area is 168 Å². The van der Waals surface area contributed by atoms with E-state index in [4.69, 9.17) is 0 Å². The molecule has 1 saturated heterocycles. The van der Waals surface area contributed by atoms with Crippen molar-refractivity contribution >= 4 is 16.7 Å². The Bertz CT molecular complexity index is 1090. The van der Waals surface area contributed by atoms with Crippen molar-refractivity contribution in [3.8, 4) is 5.69 Å². The third-order valence-corrected chi connectivity index (χ3v) is 5.73. The SMILES string of the molecule is O=C(O)c1c(CN2CCCCC2CO)n(-c2ccccc2)c(=O)c2ccccc12. The van der Waals surface area contributed by atoms with Crippen molar-refractivity contribution in [2.45, 2.75) is 31.8 Å². The molecule has 0 bridgehead atoms. The fraction of sp³-hybridized carbons (Fsp3) is 0.304. The molecule has 2 heterocycles. The summed E-state index contributed by atoms with van der Waals surface area (Å²) in [6, 6.07) is 16.0. The number of benzene rings is 2. The summed E-state index contributed by atoms with van der Waals surface area (Å²) in [6.07, 6.45) is 2.89. The lowest BCUT2D eigenvalue weighted by Crippen LogP contribution is -2.42. The second kappa shape index (κ2) is 8.19. The van der Waals surface area contributed by atoms with Crippen molar-refractivity contribution in [3.05, 3.63) is 76.2 Å². The van der Waals surface area contributed by atoms with Gasteiger partial charge in [-0.05, 0) is 37.6 Å². The fourth-order valence-corrected chi connectivity index (χ4v) is 4.30. The molecule has 6 heteroatoms. The lowest BCUT2D eigenvalue weighted by Gasteiger charge is -2.35. The van der Waals surface area contributed by atoms with Gasteiger partial charge in [0.1, 0.15) is 0 Å². The monoisotopic (exact) mass is 392 g/mol. The highest BCUT2D eigenvalue weighted by Crippen LogP contribution is 2.26. The summed E-state index contributed by atoms with van der Waals surface area (Å²) >= 11 is 0. The lowest BCUT2D eigenvalue weighted by atomic mass is 9.99. The van der Waals surface area contributed by atoms with E-state index >= 15 is 0 Å². The van der Waals surface area contributed by atoms with Crippen molar-refractivity contribution in [2.75, 3.05) is 13.2 Å². The second-order valence-corrected chi connectivity index (χ2v) is 7.45. The number of carboxylic acids is 1. The largest absolute Gasteiger partial charge is 0.478 e. The highest BCUT2D eigenvalue weighted by atomic mass is 16.4. The number of aliphatic hydroxyl groups is 1. The standard InChI is InChI=1S/C23H24N2O4/c26-15-17-10-6-7-13-24(17)14-20-21(23(28)29)18-11-4-5-12-19(18)22(27)25(20)16-8-2-1-3-9-16/h1-5,8-9,11-12,17,26H,6-7,10,13-15H2,(H,28,29). The minimum absolute atomic E-state index is 0.0194. The molecule has 2 N–H and O–H groups in total. The third-order valence-electron chi connectivity index (χ3n) is 5.73. The first-order chi connectivity index (χ1) is 14.1. The number of hydrogen-bond donors (Lipinski definition) is 2. The summed E-state index contributed by atoms with van der Waals surface area (Å²) < 4.78 is 1.52. The average molecular weight is 392 g/mol. The van der Waals surface area contributed by atoms with Crippen LogP contribution in [0.4, 0.5) is 0 Å². The predicted molar refractivity (Wildman–Crippen MR) is 112 cm³/mol. The molecular formula is C23H24N2O4. The van der Waals surface area contributed by atoms with Crippen molar-refractivity contribution in [3.63, 3.8) is 0 Å². The number of piperidine rings is 1. The summed E-state index contributed by atoms with van der Waals surface area (Å²) in [7, 11) is 0. The molecule has 0 spiro atoms. The van der Waals surface area contributed by atoms with Gasteiger partial charge >= 0.3 is 5.97 Å². The Hall–Kier alpha value is -2.96. The molecule has 4 rings (SSSR count). The number of hydrogen-bond acceptors (Lipinski definition) is 4. The summed E-state index contributed by atoms with van der Waals surface area (Å²) in [5.41, 5.74) is 1.00. The Morgan fingerprint density at radius 2 is 1.69 bits per heavy atom.